The average Bonchev–Trinajstić information content (AvgIpc) is 2.84. The number of nitrogens with zero attached hydrogens (tertiary/aromatic N) is 2. The lowest BCUT2D eigenvalue weighted by Crippen LogP contribution is -2.49. The zero-order chi connectivity index (χ0) is 23.0. The standard InChI is InChI=1S/C24H30N6O2/c1-27-23(29-16-25)30-19-10-12-24(13-11-19,18-6-4-3-5-7-18)15-28-22(31)17-8-9-20(26)21(14-17)32-2/h3-9,14,19H,10-13,15,26H2,1-2H3,(H,28,31)(H2,27,29,30). The first kappa shape index (κ1) is 22.9. The van der Waals surface area contributed by atoms with Crippen molar-refractivity contribution in [2.45, 2.75) is 37.1 Å². The Morgan fingerprint density at radius 3 is 2.59 bits per heavy atom. The summed E-state index contributed by atoms with van der Waals surface area (Å²) in [4.78, 5) is 17.0. The highest BCUT2D eigenvalue weighted by Crippen LogP contribution is 2.39. The summed E-state index contributed by atoms with van der Waals surface area (Å²) in [5, 5.41) is 17.9. The summed E-state index contributed by atoms with van der Waals surface area (Å²) in [5.41, 5.74) is 7.93. The van der Waals surface area contributed by atoms with E-state index in [4.69, 9.17) is 15.7 Å². The van der Waals surface area contributed by atoms with Crippen LogP contribution in [0, 0.1) is 11.5 Å². The van der Waals surface area contributed by atoms with Crippen molar-refractivity contribution in [2.75, 3.05) is 26.4 Å². The Bertz CT molecular complexity index is 991. The maximum atomic E-state index is 12.9. The number of nitrogen functional groups attached to an aromatic ring is 1. The number of ether oxygens (including phenoxy) is 1. The molecule has 8 heteroatoms. The molecular formula is C24H30N6O2. The lowest BCUT2D eigenvalue weighted by Gasteiger charge is -2.41. The van der Waals surface area contributed by atoms with E-state index in [1.165, 1.54) is 12.7 Å². The Balaban J connectivity index is 1.72. The molecule has 2 aromatic rings. The summed E-state index contributed by atoms with van der Waals surface area (Å²) >= 11 is 0. The molecule has 0 bridgehead atoms. The fourth-order valence-electron chi connectivity index (χ4n) is 4.28. The number of anilines is 1. The van der Waals surface area contributed by atoms with E-state index in [0.717, 1.165) is 25.7 Å². The number of nitrogens with two attached hydrogens (primary N) is 1. The minimum atomic E-state index is -0.167. The molecule has 1 saturated carbocycles. The van der Waals surface area contributed by atoms with Crippen LogP contribution < -0.4 is 26.4 Å². The zero-order valence-electron chi connectivity index (χ0n) is 18.5. The number of nitrogens with one attached hydrogen (secondary N) is 3. The molecule has 32 heavy (non-hydrogen) atoms. The van der Waals surface area contributed by atoms with E-state index in [1.807, 2.05) is 24.4 Å². The van der Waals surface area contributed by atoms with Crippen molar-refractivity contribution in [1.29, 1.82) is 5.26 Å². The van der Waals surface area contributed by atoms with Crippen molar-refractivity contribution in [2.24, 2.45) is 4.99 Å². The van der Waals surface area contributed by atoms with Crippen molar-refractivity contribution in [3.63, 3.8) is 0 Å². The fourth-order valence-corrected chi connectivity index (χ4v) is 4.28. The third-order valence-corrected chi connectivity index (χ3v) is 6.15. The van der Waals surface area contributed by atoms with Gasteiger partial charge in [-0.2, -0.15) is 5.26 Å². The van der Waals surface area contributed by atoms with E-state index in [9.17, 15) is 4.79 Å². The molecule has 0 atom stereocenters. The third kappa shape index (κ3) is 5.30. The number of hydrogen-bond donors (Lipinski definition) is 4. The predicted octanol–water partition coefficient (Wildman–Crippen LogP) is 2.53. The monoisotopic (exact) mass is 434 g/mol. The van der Waals surface area contributed by atoms with Gasteiger partial charge in [0, 0.05) is 30.6 Å². The molecule has 0 spiro atoms. The molecule has 1 aliphatic carbocycles. The molecule has 0 radical (unpaired) electrons. The molecule has 8 nitrogen and oxygen atoms in total. The normalized spacial score (nSPS) is 20.7. The van der Waals surface area contributed by atoms with E-state index >= 15 is 0 Å². The number of aliphatic imine (C=N–C) groups is 1. The van der Waals surface area contributed by atoms with Crippen LogP contribution in [0.3, 0.4) is 0 Å². The highest BCUT2D eigenvalue weighted by Gasteiger charge is 2.37. The van der Waals surface area contributed by atoms with Crippen LogP contribution in [0.4, 0.5) is 5.69 Å². The van der Waals surface area contributed by atoms with E-state index in [2.05, 4.69) is 33.1 Å². The second kappa shape index (κ2) is 10.5. The molecule has 0 unspecified atom stereocenters. The molecule has 1 amide bonds. The molecule has 1 aliphatic rings. The number of carbonyl (C=O) groups excluding carboxylic acids is 1. The van der Waals surface area contributed by atoms with E-state index in [1.54, 1.807) is 25.2 Å². The molecule has 5 N–H and O–H groups in total. The molecule has 168 valence electrons. The predicted molar refractivity (Wildman–Crippen MR) is 125 cm³/mol. The Morgan fingerprint density at radius 1 is 1.25 bits per heavy atom. The van der Waals surface area contributed by atoms with E-state index in [0.29, 0.717) is 29.5 Å². The maximum Gasteiger partial charge on any atom is 0.251 e. The van der Waals surface area contributed by atoms with Crippen molar-refractivity contribution >= 4 is 17.6 Å². The first-order valence-corrected chi connectivity index (χ1v) is 10.7. The largest absolute Gasteiger partial charge is 0.495 e. The number of methoxy groups -OCH3 is 1. The van der Waals surface area contributed by atoms with Crippen molar-refractivity contribution < 1.29 is 9.53 Å². The van der Waals surface area contributed by atoms with Gasteiger partial charge in [-0.1, -0.05) is 30.3 Å². The van der Waals surface area contributed by atoms with Crippen LogP contribution in [-0.4, -0.2) is 38.6 Å². The number of amides is 1. The lowest BCUT2D eigenvalue weighted by molar-refractivity contribution is 0.0934. The Labute approximate surface area is 188 Å². The number of benzene rings is 2. The van der Waals surface area contributed by atoms with Gasteiger partial charge in [-0.3, -0.25) is 15.1 Å². The van der Waals surface area contributed by atoms with Gasteiger partial charge in [0.05, 0.1) is 12.8 Å². The lowest BCUT2D eigenvalue weighted by atomic mass is 9.68. The minimum Gasteiger partial charge on any atom is -0.495 e. The maximum absolute atomic E-state index is 12.9. The van der Waals surface area contributed by atoms with Gasteiger partial charge in [0.2, 0.25) is 5.96 Å². The summed E-state index contributed by atoms with van der Waals surface area (Å²) in [6.45, 7) is 0.528. The van der Waals surface area contributed by atoms with Gasteiger partial charge < -0.3 is 21.1 Å². The SMILES string of the molecule is CN=C(NC#N)NC1CCC(CNC(=O)c2ccc(N)c(OC)c2)(c2ccccc2)CC1. The Morgan fingerprint density at radius 2 is 1.97 bits per heavy atom. The zero-order valence-corrected chi connectivity index (χ0v) is 18.5. The van der Waals surface area contributed by atoms with Gasteiger partial charge in [-0.15, -0.1) is 0 Å². The number of nitriles is 1. The van der Waals surface area contributed by atoms with E-state index in [-0.39, 0.29) is 17.4 Å². The van der Waals surface area contributed by atoms with Crippen LogP contribution in [0.25, 0.3) is 0 Å². The summed E-state index contributed by atoms with van der Waals surface area (Å²) in [7, 11) is 3.18. The summed E-state index contributed by atoms with van der Waals surface area (Å²) in [6.07, 6.45) is 5.48. The number of rotatable bonds is 6. The summed E-state index contributed by atoms with van der Waals surface area (Å²) in [6, 6.07) is 15.6. The smallest absolute Gasteiger partial charge is 0.251 e. The highest BCUT2D eigenvalue weighted by molar-refractivity contribution is 5.95. The molecule has 0 heterocycles. The quantitative estimate of drug-likeness (QED) is 0.182. The van der Waals surface area contributed by atoms with Crippen LogP contribution >= 0.6 is 0 Å². The third-order valence-electron chi connectivity index (χ3n) is 6.15. The average molecular weight is 435 g/mol. The van der Waals surface area contributed by atoms with Gasteiger partial charge in [0.15, 0.2) is 6.19 Å². The number of hydrogen-bond acceptors (Lipinski definition) is 5. The molecule has 2 aromatic carbocycles. The van der Waals surface area contributed by atoms with Crippen LogP contribution in [0.1, 0.15) is 41.6 Å². The first-order chi connectivity index (χ1) is 15.5. The van der Waals surface area contributed by atoms with Crippen molar-refractivity contribution in [3.8, 4) is 11.9 Å². The van der Waals surface area contributed by atoms with E-state index < -0.39 is 0 Å². The molecule has 0 aromatic heterocycles. The fraction of sp³-hybridized carbons (Fsp3) is 0.375. The van der Waals surface area contributed by atoms with Gasteiger partial charge in [-0.05, 0) is 49.4 Å². The second-order valence-electron chi connectivity index (χ2n) is 8.01. The van der Waals surface area contributed by atoms with Gasteiger partial charge in [-0.25, -0.2) is 0 Å². The van der Waals surface area contributed by atoms with Crippen molar-refractivity contribution in [3.05, 3.63) is 59.7 Å². The van der Waals surface area contributed by atoms with Crippen LogP contribution in [0.2, 0.25) is 0 Å². The van der Waals surface area contributed by atoms with Crippen LogP contribution in [-0.2, 0) is 5.41 Å². The van der Waals surface area contributed by atoms with Gasteiger partial charge >= 0.3 is 0 Å². The first-order valence-electron chi connectivity index (χ1n) is 10.7. The molecule has 0 saturated heterocycles. The molecule has 1 fully saturated rings. The van der Waals surface area contributed by atoms with Crippen molar-refractivity contribution in [1.82, 2.24) is 16.0 Å². The second-order valence-corrected chi connectivity index (χ2v) is 8.01. The summed E-state index contributed by atoms with van der Waals surface area (Å²) < 4.78 is 5.24. The van der Waals surface area contributed by atoms with Crippen LogP contribution in [0.5, 0.6) is 5.75 Å². The van der Waals surface area contributed by atoms with Crippen LogP contribution in [0.15, 0.2) is 53.5 Å². The molecular weight excluding hydrogens is 404 g/mol. The molecule has 0 aliphatic heterocycles. The highest BCUT2D eigenvalue weighted by atomic mass is 16.5. The topological polar surface area (TPSA) is 125 Å². The molecule has 3 rings (SSSR count). The minimum absolute atomic E-state index is 0.155. The number of carbonyl (C=O) groups is 1. The number of guanidine groups is 1. The van der Waals surface area contributed by atoms with Gasteiger partial charge in [0.25, 0.3) is 5.91 Å². The summed E-state index contributed by atoms with van der Waals surface area (Å²) in [5.74, 6) is 0.814. The van der Waals surface area contributed by atoms with Gasteiger partial charge in [0.1, 0.15) is 5.75 Å². The Hall–Kier alpha value is -3.73. The Kier molecular flexibility index (Phi) is 7.55.